The Bertz CT molecular complexity index is 220. The fourth-order valence-corrected chi connectivity index (χ4v) is 5.14. The highest BCUT2D eigenvalue weighted by Crippen LogP contribution is 2.42. The quantitative estimate of drug-likeness (QED) is 0.352. The van der Waals surface area contributed by atoms with Crippen molar-refractivity contribution in [3.05, 3.63) is 0 Å². The predicted molar refractivity (Wildman–Crippen MR) is 97.7 cm³/mol. The molecule has 122 valence electrons. The highest BCUT2D eigenvalue weighted by molar-refractivity contribution is 6.08. The predicted octanol–water partition coefficient (Wildman–Crippen LogP) is 6.16. The minimum absolute atomic E-state index is 1.11. The molecule has 1 heteroatoms. The maximum Gasteiger partial charge on any atom is 0.101 e. The lowest BCUT2D eigenvalue weighted by Gasteiger charge is -2.38. The third-order valence-electron chi connectivity index (χ3n) is 6.40. The van der Waals surface area contributed by atoms with Crippen LogP contribution in [0.5, 0.6) is 0 Å². The van der Waals surface area contributed by atoms with Crippen molar-refractivity contribution in [3.63, 3.8) is 0 Å². The third kappa shape index (κ3) is 6.37. The maximum absolute atomic E-state index is 2.32. The van der Waals surface area contributed by atoms with Gasteiger partial charge in [0.05, 0.1) is 0 Å². The summed E-state index contributed by atoms with van der Waals surface area (Å²) in [6.45, 7) is 0. The Balaban J connectivity index is 1.74. The SMILES string of the molecule is BCCCCCCCC(C1CCCCC1)C1CCCCC1. The second-order valence-corrected chi connectivity index (χ2v) is 8.02. The van der Waals surface area contributed by atoms with Gasteiger partial charge in [-0.2, -0.15) is 0 Å². The molecule has 0 saturated heterocycles. The van der Waals surface area contributed by atoms with Gasteiger partial charge in [0.15, 0.2) is 0 Å². The van der Waals surface area contributed by atoms with Crippen LogP contribution in [0.3, 0.4) is 0 Å². The molecule has 2 saturated carbocycles. The summed E-state index contributed by atoms with van der Waals surface area (Å²) in [5, 5.41) is 0. The van der Waals surface area contributed by atoms with E-state index in [4.69, 9.17) is 0 Å². The van der Waals surface area contributed by atoms with Crippen molar-refractivity contribution >= 4 is 7.85 Å². The van der Waals surface area contributed by atoms with Crippen LogP contribution >= 0.6 is 0 Å². The summed E-state index contributed by atoms with van der Waals surface area (Å²) in [5.74, 6) is 3.33. The second-order valence-electron chi connectivity index (χ2n) is 8.02. The lowest BCUT2D eigenvalue weighted by Crippen LogP contribution is -2.27. The lowest BCUT2D eigenvalue weighted by atomic mass is 9.68. The van der Waals surface area contributed by atoms with Crippen molar-refractivity contribution in [1.29, 1.82) is 0 Å². The molecule has 2 aliphatic rings. The van der Waals surface area contributed by atoms with Crippen LogP contribution in [0.1, 0.15) is 103 Å². The van der Waals surface area contributed by atoms with Crippen molar-refractivity contribution in [2.45, 2.75) is 109 Å². The van der Waals surface area contributed by atoms with Gasteiger partial charge >= 0.3 is 0 Å². The molecule has 2 rings (SSSR count). The summed E-state index contributed by atoms with van der Waals surface area (Å²) in [6.07, 6.45) is 25.9. The summed E-state index contributed by atoms with van der Waals surface area (Å²) in [6, 6.07) is 0. The molecule has 0 nitrogen and oxygen atoms in total. The van der Waals surface area contributed by atoms with Crippen LogP contribution in [0.15, 0.2) is 0 Å². The molecule has 0 heterocycles. The monoisotopic (exact) mass is 290 g/mol. The first-order valence-electron chi connectivity index (χ1n) is 10.4. The van der Waals surface area contributed by atoms with E-state index >= 15 is 0 Å². The number of hydrogen-bond donors (Lipinski definition) is 0. The molecular formula is C20H39B. The zero-order valence-electron chi connectivity index (χ0n) is 14.8. The van der Waals surface area contributed by atoms with E-state index in [-0.39, 0.29) is 0 Å². The average Bonchev–Trinajstić information content (AvgIpc) is 2.56. The zero-order valence-corrected chi connectivity index (χ0v) is 14.8. The van der Waals surface area contributed by atoms with Gasteiger partial charge in [0, 0.05) is 0 Å². The van der Waals surface area contributed by atoms with Crippen LogP contribution in [-0.4, -0.2) is 7.85 Å². The molecule has 2 aliphatic carbocycles. The molecule has 0 aromatic carbocycles. The largest absolute Gasteiger partial charge is 0.101 e. The van der Waals surface area contributed by atoms with Crippen LogP contribution in [0, 0.1) is 17.8 Å². The first kappa shape index (κ1) is 17.4. The van der Waals surface area contributed by atoms with E-state index in [1.54, 1.807) is 32.1 Å². The Morgan fingerprint density at radius 1 is 0.619 bits per heavy atom. The average molecular weight is 290 g/mol. The van der Waals surface area contributed by atoms with Crippen molar-refractivity contribution in [1.82, 2.24) is 0 Å². The van der Waals surface area contributed by atoms with E-state index in [9.17, 15) is 0 Å². The van der Waals surface area contributed by atoms with Gasteiger partial charge in [0.1, 0.15) is 7.85 Å². The maximum atomic E-state index is 2.32. The first-order valence-corrected chi connectivity index (χ1v) is 10.4. The smallest absolute Gasteiger partial charge is 0.0811 e. The molecule has 0 aromatic heterocycles. The van der Waals surface area contributed by atoms with E-state index < -0.39 is 0 Å². The highest BCUT2D eigenvalue weighted by atomic mass is 14.4. The van der Waals surface area contributed by atoms with Gasteiger partial charge < -0.3 is 0 Å². The fourth-order valence-electron chi connectivity index (χ4n) is 5.14. The number of rotatable bonds is 9. The van der Waals surface area contributed by atoms with Crippen LogP contribution in [-0.2, 0) is 0 Å². The van der Waals surface area contributed by atoms with Crippen LogP contribution < -0.4 is 0 Å². The van der Waals surface area contributed by atoms with E-state index in [2.05, 4.69) is 7.85 Å². The van der Waals surface area contributed by atoms with Crippen LogP contribution in [0.2, 0.25) is 6.32 Å². The summed E-state index contributed by atoms with van der Waals surface area (Å²) in [4.78, 5) is 0. The van der Waals surface area contributed by atoms with E-state index in [1.165, 1.54) is 76.9 Å². The third-order valence-corrected chi connectivity index (χ3v) is 6.40. The molecule has 0 radical (unpaired) electrons. The van der Waals surface area contributed by atoms with Crippen LogP contribution in [0.25, 0.3) is 0 Å². The highest BCUT2D eigenvalue weighted by Gasteiger charge is 2.30. The van der Waals surface area contributed by atoms with Gasteiger partial charge in [-0.25, -0.2) is 0 Å². The van der Waals surface area contributed by atoms with Gasteiger partial charge in [-0.15, -0.1) is 0 Å². The van der Waals surface area contributed by atoms with Gasteiger partial charge in [-0.1, -0.05) is 103 Å². The van der Waals surface area contributed by atoms with Crippen molar-refractivity contribution in [3.8, 4) is 0 Å². The Hall–Kier alpha value is 0.0649. The molecular weight excluding hydrogens is 251 g/mol. The Kier molecular flexibility index (Phi) is 8.90. The van der Waals surface area contributed by atoms with Crippen LogP contribution in [0.4, 0.5) is 0 Å². The molecule has 0 aliphatic heterocycles. The Labute approximate surface area is 135 Å². The topological polar surface area (TPSA) is 0 Å². The van der Waals surface area contributed by atoms with Gasteiger partial charge in [-0.3, -0.25) is 0 Å². The zero-order chi connectivity index (χ0) is 14.8. The fraction of sp³-hybridized carbons (Fsp3) is 1.00. The van der Waals surface area contributed by atoms with Crippen molar-refractivity contribution in [2.75, 3.05) is 0 Å². The van der Waals surface area contributed by atoms with Crippen molar-refractivity contribution < 1.29 is 0 Å². The van der Waals surface area contributed by atoms with Gasteiger partial charge in [-0.05, 0) is 24.2 Å². The molecule has 0 bridgehead atoms. The minimum Gasteiger partial charge on any atom is -0.0811 e. The van der Waals surface area contributed by atoms with E-state index in [0.29, 0.717) is 0 Å². The molecule has 2 fully saturated rings. The lowest BCUT2D eigenvalue weighted by molar-refractivity contribution is 0.131. The van der Waals surface area contributed by atoms with Gasteiger partial charge in [0.25, 0.3) is 0 Å². The summed E-state index contributed by atoms with van der Waals surface area (Å²) < 4.78 is 0. The number of unbranched alkanes of at least 4 members (excludes halogenated alkanes) is 4. The summed E-state index contributed by atoms with van der Waals surface area (Å²) in [5.41, 5.74) is 0. The molecule has 0 unspecified atom stereocenters. The second kappa shape index (κ2) is 10.7. The first-order chi connectivity index (χ1) is 10.4. The Morgan fingerprint density at radius 3 is 1.62 bits per heavy atom. The molecule has 21 heavy (non-hydrogen) atoms. The normalized spacial score (nSPS) is 22.0. The molecule has 0 atom stereocenters. The molecule has 0 N–H and O–H groups in total. The number of hydrogen-bond acceptors (Lipinski definition) is 0. The van der Waals surface area contributed by atoms with Crippen molar-refractivity contribution in [2.24, 2.45) is 17.8 Å². The van der Waals surface area contributed by atoms with E-state index in [0.717, 1.165) is 17.8 Å². The summed E-state index contributed by atoms with van der Waals surface area (Å²) >= 11 is 0. The molecule has 0 amide bonds. The summed E-state index contributed by atoms with van der Waals surface area (Å²) in [7, 11) is 2.32. The molecule has 0 spiro atoms. The van der Waals surface area contributed by atoms with Gasteiger partial charge in [0.2, 0.25) is 0 Å². The van der Waals surface area contributed by atoms with E-state index in [1.807, 2.05) is 0 Å². The minimum atomic E-state index is 1.11. The Morgan fingerprint density at radius 2 is 1.10 bits per heavy atom. The standard InChI is InChI=1S/C20H39B/c21-17-11-3-1-2-10-16-20(18-12-6-4-7-13-18)19-14-8-5-9-15-19/h18-20H,1-17,21H2. The molecule has 0 aromatic rings.